The molecule has 1 rings (SSSR count). The maximum Gasteiger partial charge on any atom is 0.446 e. The second-order valence-corrected chi connectivity index (χ2v) is 4.77. The first-order valence-electron chi connectivity index (χ1n) is 3.80. The van der Waals surface area contributed by atoms with Crippen LogP contribution in [0.1, 0.15) is 0 Å². The van der Waals surface area contributed by atoms with Crippen molar-refractivity contribution in [1.82, 2.24) is 0 Å². The Bertz CT molecular complexity index is 619. The predicted molar refractivity (Wildman–Crippen MR) is 55.2 cm³/mol. The molecule has 0 spiro atoms. The molecule has 4 N–H and O–H groups in total. The molecule has 0 aliphatic carbocycles. The number of hydrogen-bond donors (Lipinski definition) is 3. The summed E-state index contributed by atoms with van der Waals surface area (Å²) in [5.41, 5.74) is 5.10. The van der Waals surface area contributed by atoms with Crippen molar-refractivity contribution in [3.8, 4) is 11.5 Å². The van der Waals surface area contributed by atoms with Gasteiger partial charge in [0.2, 0.25) is 0 Å². The number of hydrogen-bond acceptors (Lipinski definition) is 7. The van der Waals surface area contributed by atoms with Crippen LogP contribution in [-0.4, -0.2) is 25.9 Å². The van der Waals surface area contributed by atoms with Crippen LogP contribution >= 0.6 is 0 Å². The Morgan fingerprint density at radius 2 is 1.53 bits per heavy atom. The zero-order valence-corrected chi connectivity index (χ0v) is 9.60. The summed E-state index contributed by atoms with van der Waals surface area (Å²) in [5, 5.41) is 0. The Labute approximate surface area is 96.7 Å². The molecule has 0 amide bonds. The molecule has 0 aliphatic heterocycles. The molecule has 1 aromatic rings. The average molecular weight is 285 g/mol. The van der Waals surface area contributed by atoms with Crippen molar-refractivity contribution in [2.24, 2.45) is 0 Å². The van der Waals surface area contributed by atoms with E-state index in [9.17, 15) is 16.8 Å². The summed E-state index contributed by atoms with van der Waals surface area (Å²) in [6.45, 7) is 0. The molecule has 0 heterocycles. The monoisotopic (exact) mass is 285 g/mol. The van der Waals surface area contributed by atoms with Crippen LogP contribution < -0.4 is 14.1 Å². The molecule has 9 nitrogen and oxygen atoms in total. The predicted octanol–water partition coefficient (Wildman–Crippen LogP) is -0.368. The molecule has 0 atom stereocenters. The van der Waals surface area contributed by atoms with E-state index in [1.807, 2.05) is 0 Å². The first-order chi connectivity index (χ1) is 7.57. The fraction of sp³-hybridized carbons (Fsp3) is 0. The highest BCUT2D eigenvalue weighted by molar-refractivity contribution is 7.81. The van der Waals surface area contributed by atoms with Crippen molar-refractivity contribution in [1.29, 1.82) is 0 Å². The molecule has 17 heavy (non-hydrogen) atoms. The van der Waals surface area contributed by atoms with Gasteiger partial charge >= 0.3 is 20.8 Å². The van der Waals surface area contributed by atoms with E-state index in [2.05, 4.69) is 8.37 Å². The van der Waals surface area contributed by atoms with Crippen LogP contribution in [0.2, 0.25) is 0 Å². The minimum Gasteiger partial charge on any atom is -0.396 e. The summed E-state index contributed by atoms with van der Waals surface area (Å²) in [5.74, 6) is -0.992. The minimum absolute atomic E-state index is 0.190. The van der Waals surface area contributed by atoms with Gasteiger partial charge in [-0.1, -0.05) is 0 Å². The third-order valence-electron chi connectivity index (χ3n) is 1.38. The van der Waals surface area contributed by atoms with Gasteiger partial charge in [-0.15, -0.1) is 0 Å². The van der Waals surface area contributed by atoms with E-state index in [0.29, 0.717) is 0 Å². The van der Waals surface area contributed by atoms with Gasteiger partial charge in [0.15, 0.2) is 5.75 Å². The summed E-state index contributed by atoms with van der Waals surface area (Å²) < 4.78 is 66.4. The first-order valence-corrected chi connectivity index (χ1v) is 6.53. The fourth-order valence-corrected chi connectivity index (χ4v) is 1.59. The summed E-state index contributed by atoms with van der Waals surface area (Å²) >= 11 is 0. The Kier molecular flexibility index (Phi) is 3.47. The SMILES string of the molecule is Nc1ccc(OS(=O)(=O)O)cc1OS(=O)(=O)O. The van der Waals surface area contributed by atoms with E-state index in [1.54, 1.807) is 0 Å². The van der Waals surface area contributed by atoms with Crippen molar-refractivity contribution in [2.45, 2.75) is 0 Å². The van der Waals surface area contributed by atoms with Gasteiger partial charge in [0.1, 0.15) is 5.75 Å². The Hall–Kier alpha value is -1.56. The normalized spacial score (nSPS) is 12.1. The Morgan fingerprint density at radius 3 is 2.00 bits per heavy atom. The Balaban J connectivity index is 3.11. The lowest BCUT2D eigenvalue weighted by Crippen LogP contribution is -2.10. The van der Waals surface area contributed by atoms with Crippen molar-refractivity contribution in [3.63, 3.8) is 0 Å². The maximum absolute atomic E-state index is 10.4. The van der Waals surface area contributed by atoms with E-state index in [4.69, 9.17) is 14.8 Å². The van der Waals surface area contributed by atoms with Gasteiger partial charge in [0, 0.05) is 6.07 Å². The third-order valence-corrected chi connectivity index (χ3v) is 2.17. The standard InChI is InChI=1S/C6H7NO8S2/c7-5-2-1-4(14-16(8,9)10)3-6(5)15-17(11,12)13/h1-3H,7H2,(H,8,9,10)(H,11,12,13). The van der Waals surface area contributed by atoms with E-state index in [0.717, 1.165) is 18.2 Å². The zero-order chi connectivity index (χ0) is 13.3. The van der Waals surface area contributed by atoms with Crippen LogP contribution in [0, 0.1) is 0 Å². The van der Waals surface area contributed by atoms with Crippen LogP contribution in [0.5, 0.6) is 11.5 Å². The van der Waals surface area contributed by atoms with Gasteiger partial charge in [-0.2, -0.15) is 16.8 Å². The summed E-state index contributed by atoms with van der Waals surface area (Å²) in [4.78, 5) is 0. The largest absolute Gasteiger partial charge is 0.446 e. The third kappa shape index (κ3) is 4.86. The lowest BCUT2D eigenvalue weighted by Gasteiger charge is -2.07. The molecule has 0 aromatic heterocycles. The average Bonchev–Trinajstić information content (AvgIpc) is 2.05. The quantitative estimate of drug-likeness (QED) is 0.496. The van der Waals surface area contributed by atoms with Crippen molar-refractivity contribution in [3.05, 3.63) is 18.2 Å². The highest BCUT2D eigenvalue weighted by atomic mass is 32.3. The molecular weight excluding hydrogens is 278 g/mol. The molecule has 96 valence electrons. The molecule has 11 heteroatoms. The number of benzene rings is 1. The zero-order valence-electron chi connectivity index (χ0n) is 7.97. The van der Waals surface area contributed by atoms with Gasteiger partial charge < -0.3 is 14.1 Å². The lowest BCUT2D eigenvalue weighted by molar-refractivity contribution is 0.382. The second-order valence-electron chi connectivity index (χ2n) is 2.72. The maximum atomic E-state index is 10.4. The molecule has 0 bridgehead atoms. The summed E-state index contributed by atoms with van der Waals surface area (Å²) in [6, 6.07) is 2.86. The molecule has 0 unspecified atom stereocenters. The van der Waals surface area contributed by atoms with E-state index >= 15 is 0 Å². The molecule has 1 aromatic carbocycles. The van der Waals surface area contributed by atoms with Gasteiger partial charge in [0.05, 0.1) is 5.69 Å². The highest BCUT2D eigenvalue weighted by Crippen LogP contribution is 2.28. The summed E-state index contributed by atoms with van der Waals surface area (Å²) in [6.07, 6.45) is 0. The molecular formula is C6H7NO8S2. The van der Waals surface area contributed by atoms with Gasteiger partial charge in [-0.25, -0.2) is 0 Å². The molecule has 0 radical (unpaired) electrons. The molecule has 0 fully saturated rings. The van der Waals surface area contributed by atoms with E-state index < -0.39 is 32.3 Å². The molecule has 0 aliphatic rings. The first kappa shape index (κ1) is 13.5. The fourth-order valence-electron chi connectivity index (χ4n) is 0.874. The van der Waals surface area contributed by atoms with Gasteiger partial charge in [-0.05, 0) is 12.1 Å². The van der Waals surface area contributed by atoms with Crippen molar-refractivity contribution < 1.29 is 34.3 Å². The van der Waals surface area contributed by atoms with E-state index in [-0.39, 0.29) is 5.69 Å². The highest BCUT2D eigenvalue weighted by Gasteiger charge is 2.14. The minimum atomic E-state index is -4.81. The van der Waals surface area contributed by atoms with Crippen LogP contribution in [0.25, 0.3) is 0 Å². The van der Waals surface area contributed by atoms with Crippen molar-refractivity contribution in [2.75, 3.05) is 5.73 Å². The smallest absolute Gasteiger partial charge is 0.396 e. The number of rotatable bonds is 4. The molecule has 0 saturated heterocycles. The Morgan fingerprint density at radius 1 is 1.00 bits per heavy atom. The van der Waals surface area contributed by atoms with Crippen LogP contribution in [0.4, 0.5) is 5.69 Å². The number of anilines is 1. The van der Waals surface area contributed by atoms with Crippen molar-refractivity contribution >= 4 is 26.5 Å². The van der Waals surface area contributed by atoms with Gasteiger partial charge in [-0.3, -0.25) is 9.11 Å². The molecule has 0 saturated carbocycles. The van der Waals surface area contributed by atoms with Crippen LogP contribution in [0.15, 0.2) is 18.2 Å². The van der Waals surface area contributed by atoms with E-state index in [1.165, 1.54) is 0 Å². The van der Waals surface area contributed by atoms with Gasteiger partial charge in [0.25, 0.3) is 0 Å². The summed E-state index contributed by atoms with van der Waals surface area (Å²) in [7, 11) is -9.57. The topological polar surface area (TPSA) is 153 Å². The van der Waals surface area contributed by atoms with Crippen LogP contribution in [0.3, 0.4) is 0 Å². The lowest BCUT2D eigenvalue weighted by atomic mass is 10.3. The number of nitrogen functional groups attached to an aromatic ring is 1. The van der Waals surface area contributed by atoms with Crippen LogP contribution in [-0.2, 0) is 20.8 Å². The second kappa shape index (κ2) is 4.37. The number of nitrogens with two attached hydrogens (primary N) is 1.